The molecule has 5 rings (SSSR count). The van der Waals surface area contributed by atoms with Crippen LogP contribution in [0, 0.1) is 0 Å². The van der Waals surface area contributed by atoms with Crippen LogP contribution in [0.5, 0.6) is 0 Å². The Kier molecular flexibility index (Phi) is 3.00. The highest BCUT2D eigenvalue weighted by molar-refractivity contribution is 5.92. The van der Waals surface area contributed by atoms with Gasteiger partial charge in [0, 0.05) is 57.3 Å². The van der Waals surface area contributed by atoms with Crippen molar-refractivity contribution in [2.45, 2.75) is 24.8 Å². The molecule has 4 fully saturated rings. The van der Waals surface area contributed by atoms with Crippen molar-refractivity contribution >= 4 is 5.91 Å². The van der Waals surface area contributed by atoms with Gasteiger partial charge in [0.25, 0.3) is 5.91 Å². The number of hydrogen-bond acceptors (Lipinski definition) is 5. The van der Waals surface area contributed by atoms with Gasteiger partial charge in [0.2, 0.25) is 0 Å². The molecule has 1 N–H and O–H groups in total. The van der Waals surface area contributed by atoms with Crippen LogP contribution in [0.25, 0.3) is 0 Å². The van der Waals surface area contributed by atoms with Crippen LogP contribution in [0.3, 0.4) is 0 Å². The highest BCUT2D eigenvalue weighted by Gasteiger charge is 2.32. The fourth-order valence-electron chi connectivity index (χ4n) is 3.18. The van der Waals surface area contributed by atoms with Crippen molar-refractivity contribution in [3.05, 3.63) is 17.5 Å². The second-order valence-corrected chi connectivity index (χ2v) is 6.09. The number of carbonyl (C=O) groups excluding carboxylic acids is 1. The first-order valence-corrected chi connectivity index (χ1v) is 7.51. The minimum Gasteiger partial charge on any atom is -0.360 e. The van der Waals surface area contributed by atoms with Gasteiger partial charge in [0.1, 0.15) is 5.76 Å². The molecule has 1 aromatic rings. The summed E-state index contributed by atoms with van der Waals surface area (Å²) in [6.45, 7) is 6.33. The molecule has 1 aliphatic carbocycles. The SMILES string of the molecule is O=C(NCC1CN2CCN1CC2)c1cc(C2CC2)on1. The van der Waals surface area contributed by atoms with Gasteiger partial charge >= 0.3 is 0 Å². The van der Waals surface area contributed by atoms with Crippen LogP contribution in [0.2, 0.25) is 0 Å². The zero-order valence-electron chi connectivity index (χ0n) is 11.5. The summed E-state index contributed by atoms with van der Waals surface area (Å²) >= 11 is 0. The van der Waals surface area contributed by atoms with Crippen LogP contribution in [0.15, 0.2) is 10.6 Å². The summed E-state index contributed by atoms with van der Waals surface area (Å²) in [5, 5.41) is 6.87. The maximum atomic E-state index is 12.1. The number of carbonyl (C=O) groups is 1. The third-order valence-electron chi connectivity index (χ3n) is 4.63. The van der Waals surface area contributed by atoms with E-state index in [1.54, 1.807) is 6.07 Å². The molecule has 3 saturated heterocycles. The summed E-state index contributed by atoms with van der Waals surface area (Å²) < 4.78 is 5.22. The van der Waals surface area contributed by atoms with E-state index in [2.05, 4.69) is 20.3 Å². The van der Waals surface area contributed by atoms with Gasteiger partial charge in [-0.2, -0.15) is 0 Å². The number of rotatable bonds is 4. The Labute approximate surface area is 118 Å². The fourth-order valence-corrected chi connectivity index (χ4v) is 3.18. The second kappa shape index (κ2) is 4.86. The molecular weight excluding hydrogens is 256 g/mol. The average molecular weight is 276 g/mol. The summed E-state index contributed by atoms with van der Waals surface area (Å²) in [4.78, 5) is 17.0. The Bertz CT molecular complexity index is 503. The number of fused-ring (bicyclic) bond motifs is 3. The maximum absolute atomic E-state index is 12.1. The Balaban J connectivity index is 1.33. The predicted molar refractivity (Wildman–Crippen MR) is 72.6 cm³/mol. The molecule has 1 unspecified atom stereocenters. The van der Waals surface area contributed by atoms with Crippen molar-refractivity contribution in [3.63, 3.8) is 0 Å². The Morgan fingerprint density at radius 3 is 2.80 bits per heavy atom. The Morgan fingerprint density at radius 1 is 1.35 bits per heavy atom. The largest absolute Gasteiger partial charge is 0.360 e. The highest BCUT2D eigenvalue weighted by atomic mass is 16.5. The molecule has 1 amide bonds. The molecule has 3 aliphatic heterocycles. The number of piperazine rings is 3. The van der Waals surface area contributed by atoms with E-state index in [9.17, 15) is 4.79 Å². The molecule has 0 radical (unpaired) electrons. The first-order valence-electron chi connectivity index (χ1n) is 7.51. The van der Waals surface area contributed by atoms with Gasteiger partial charge in [-0.3, -0.25) is 14.6 Å². The topological polar surface area (TPSA) is 61.6 Å². The number of aromatic nitrogens is 1. The molecule has 6 nitrogen and oxygen atoms in total. The molecule has 0 aromatic carbocycles. The quantitative estimate of drug-likeness (QED) is 0.856. The van der Waals surface area contributed by atoms with E-state index in [0.29, 0.717) is 24.2 Å². The van der Waals surface area contributed by atoms with Crippen LogP contribution < -0.4 is 5.32 Å². The van der Waals surface area contributed by atoms with Gasteiger partial charge in [0.05, 0.1) is 0 Å². The van der Waals surface area contributed by atoms with E-state index < -0.39 is 0 Å². The zero-order chi connectivity index (χ0) is 13.5. The van der Waals surface area contributed by atoms with E-state index >= 15 is 0 Å². The minimum atomic E-state index is -0.113. The van der Waals surface area contributed by atoms with E-state index in [1.165, 1.54) is 13.1 Å². The lowest BCUT2D eigenvalue weighted by Gasteiger charge is -2.47. The third kappa shape index (κ3) is 2.33. The minimum absolute atomic E-state index is 0.113. The molecule has 1 saturated carbocycles. The van der Waals surface area contributed by atoms with Crippen molar-refractivity contribution in [2.75, 3.05) is 39.3 Å². The molecule has 20 heavy (non-hydrogen) atoms. The maximum Gasteiger partial charge on any atom is 0.273 e. The Hall–Kier alpha value is -1.40. The Morgan fingerprint density at radius 2 is 2.15 bits per heavy atom. The smallest absolute Gasteiger partial charge is 0.273 e. The lowest BCUT2D eigenvalue weighted by molar-refractivity contribution is 0.0138. The van der Waals surface area contributed by atoms with Gasteiger partial charge in [-0.1, -0.05) is 5.16 Å². The normalized spacial score (nSPS) is 32.3. The molecule has 2 bridgehead atoms. The summed E-state index contributed by atoms with van der Waals surface area (Å²) in [6, 6.07) is 2.24. The van der Waals surface area contributed by atoms with Crippen molar-refractivity contribution in [3.8, 4) is 0 Å². The molecule has 0 spiro atoms. The highest BCUT2D eigenvalue weighted by Crippen LogP contribution is 2.40. The third-order valence-corrected chi connectivity index (χ3v) is 4.63. The molecule has 108 valence electrons. The first-order chi connectivity index (χ1) is 9.79. The fraction of sp³-hybridized carbons (Fsp3) is 0.714. The molecule has 6 heteroatoms. The zero-order valence-corrected chi connectivity index (χ0v) is 11.5. The van der Waals surface area contributed by atoms with Crippen LogP contribution in [-0.2, 0) is 0 Å². The predicted octanol–water partition coefficient (Wildman–Crippen LogP) is 0.282. The lowest BCUT2D eigenvalue weighted by Crippen LogP contribution is -2.63. The van der Waals surface area contributed by atoms with Crippen molar-refractivity contribution in [1.29, 1.82) is 0 Å². The number of hydrogen-bond donors (Lipinski definition) is 1. The second-order valence-electron chi connectivity index (χ2n) is 6.09. The number of amides is 1. The van der Waals surface area contributed by atoms with Gasteiger partial charge < -0.3 is 9.84 Å². The molecule has 4 heterocycles. The van der Waals surface area contributed by atoms with Crippen LogP contribution >= 0.6 is 0 Å². The van der Waals surface area contributed by atoms with Gasteiger partial charge in [-0.25, -0.2) is 0 Å². The molecule has 4 aliphatic rings. The molecule has 1 aromatic heterocycles. The van der Waals surface area contributed by atoms with Crippen molar-refractivity contribution in [2.24, 2.45) is 0 Å². The van der Waals surface area contributed by atoms with E-state index in [4.69, 9.17) is 4.52 Å². The summed E-state index contributed by atoms with van der Waals surface area (Å²) in [6.07, 6.45) is 2.31. The van der Waals surface area contributed by atoms with Gasteiger partial charge in [0.15, 0.2) is 5.69 Å². The summed E-state index contributed by atoms with van der Waals surface area (Å²) in [5.74, 6) is 1.25. The lowest BCUT2D eigenvalue weighted by atomic mass is 10.1. The van der Waals surface area contributed by atoms with Gasteiger partial charge in [-0.15, -0.1) is 0 Å². The van der Waals surface area contributed by atoms with Crippen molar-refractivity contribution < 1.29 is 9.32 Å². The van der Waals surface area contributed by atoms with Crippen LogP contribution in [0.4, 0.5) is 0 Å². The number of nitrogens with zero attached hydrogens (tertiary/aromatic N) is 3. The van der Waals surface area contributed by atoms with E-state index in [-0.39, 0.29) is 5.91 Å². The van der Waals surface area contributed by atoms with Crippen LogP contribution in [-0.4, -0.2) is 66.2 Å². The van der Waals surface area contributed by atoms with Gasteiger partial charge in [-0.05, 0) is 12.8 Å². The van der Waals surface area contributed by atoms with E-state index in [1.807, 2.05) is 0 Å². The standard InChI is InChI=1S/C14H20N4O2/c19-14(12-7-13(20-16-12)10-1-2-10)15-8-11-9-17-3-5-18(11)6-4-17/h7,10-11H,1-6,8-9H2,(H,15,19). The average Bonchev–Trinajstić information content (AvgIpc) is 3.23. The molecular formula is C14H20N4O2. The van der Waals surface area contributed by atoms with Crippen LogP contribution in [0.1, 0.15) is 35.0 Å². The van der Waals surface area contributed by atoms with E-state index in [0.717, 1.165) is 38.2 Å². The van der Waals surface area contributed by atoms with Crippen molar-refractivity contribution in [1.82, 2.24) is 20.3 Å². The molecule has 1 atom stereocenters. The summed E-state index contributed by atoms with van der Waals surface area (Å²) in [7, 11) is 0. The summed E-state index contributed by atoms with van der Waals surface area (Å²) in [5.41, 5.74) is 0.420. The monoisotopic (exact) mass is 276 g/mol. The number of nitrogens with one attached hydrogen (secondary N) is 1. The first kappa shape index (κ1) is 12.3.